The molecule has 0 bridgehead atoms. The Hall–Kier alpha value is -1.59. The Labute approximate surface area is 107 Å². The second-order valence-electron chi connectivity index (χ2n) is 3.95. The maximum Gasteiger partial charge on any atom is 0.234 e. The molecule has 4 N–H and O–H groups in total. The fourth-order valence-corrected chi connectivity index (χ4v) is 1.58. The van der Waals surface area contributed by atoms with Gasteiger partial charge in [-0.2, -0.15) is 0 Å². The Balaban J connectivity index is 2.37. The Kier molecular flexibility index (Phi) is 6.18. The van der Waals surface area contributed by atoms with E-state index in [1.165, 1.54) is 0 Å². The highest BCUT2D eigenvalue weighted by molar-refractivity contribution is 5.79. The number of primary amides is 1. The van der Waals surface area contributed by atoms with Crippen LogP contribution in [0.2, 0.25) is 0 Å². The van der Waals surface area contributed by atoms with Crippen LogP contribution in [0.15, 0.2) is 24.3 Å². The summed E-state index contributed by atoms with van der Waals surface area (Å²) in [6.45, 7) is 3.05. The van der Waals surface area contributed by atoms with Crippen molar-refractivity contribution in [3.05, 3.63) is 29.8 Å². The van der Waals surface area contributed by atoms with E-state index in [-0.39, 0.29) is 18.6 Å². The van der Waals surface area contributed by atoms with Crippen molar-refractivity contribution in [2.24, 2.45) is 5.73 Å². The molecule has 5 heteroatoms. The summed E-state index contributed by atoms with van der Waals surface area (Å²) >= 11 is 0. The van der Waals surface area contributed by atoms with Gasteiger partial charge >= 0.3 is 0 Å². The van der Waals surface area contributed by atoms with E-state index in [4.69, 9.17) is 15.6 Å². The number of ether oxygens (including phenoxy) is 1. The molecule has 0 aliphatic heterocycles. The molecular formula is C13H20N2O3. The lowest BCUT2D eigenvalue weighted by Gasteiger charge is -2.14. The van der Waals surface area contributed by atoms with Gasteiger partial charge in [0, 0.05) is 6.42 Å². The van der Waals surface area contributed by atoms with Crippen LogP contribution in [0.3, 0.4) is 0 Å². The average molecular weight is 252 g/mol. The first-order valence-electron chi connectivity index (χ1n) is 6.02. The fourth-order valence-electron chi connectivity index (χ4n) is 1.58. The summed E-state index contributed by atoms with van der Waals surface area (Å²) in [6.07, 6.45) is 0.533. The largest absolute Gasteiger partial charge is 0.494 e. The molecule has 1 amide bonds. The van der Waals surface area contributed by atoms with Crippen molar-refractivity contribution in [3.63, 3.8) is 0 Å². The number of carbonyl (C=O) groups is 1. The minimum atomic E-state index is -0.365. The number of likely N-dealkylation sites (N-methyl/N-ethyl adjacent to an activating group) is 1. The van der Waals surface area contributed by atoms with E-state index in [1.807, 2.05) is 6.92 Å². The van der Waals surface area contributed by atoms with E-state index in [0.29, 0.717) is 25.3 Å². The Morgan fingerprint density at radius 2 is 2.11 bits per heavy atom. The number of aliphatic hydroxyl groups excluding tert-OH is 1. The van der Waals surface area contributed by atoms with Gasteiger partial charge in [0.15, 0.2) is 0 Å². The summed E-state index contributed by atoms with van der Waals surface area (Å²) in [5.41, 5.74) is 6.09. The van der Waals surface area contributed by atoms with Gasteiger partial charge in [-0.15, -0.1) is 0 Å². The highest BCUT2D eigenvalue weighted by Crippen LogP contribution is 2.12. The zero-order chi connectivity index (χ0) is 13.4. The SMILES string of the molecule is CCNC(CCOc1ccc(CO)cc1)C(N)=O. The maximum absolute atomic E-state index is 11.1. The monoisotopic (exact) mass is 252 g/mol. The number of aliphatic hydroxyl groups is 1. The van der Waals surface area contributed by atoms with Gasteiger partial charge in [0.2, 0.25) is 5.91 Å². The molecule has 0 aromatic heterocycles. The molecule has 0 saturated heterocycles. The molecule has 18 heavy (non-hydrogen) atoms. The molecular weight excluding hydrogens is 232 g/mol. The van der Waals surface area contributed by atoms with Crippen molar-refractivity contribution in [1.29, 1.82) is 0 Å². The fraction of sp³-hybridized carbons (Fsp3) is 0.462. The molecule has 0 aliphatic rings. The lowest BCUT2D eigenvalue weighted by Crippen LogP contribution is -2.42. The summed E-state index contributed by atoms with van der Waals surface area (Å²) in [7, 11) is 0. The van der Waals surface area contributed by atoms with Crippen LogP contribution in [0.1, 0.15) is 18.9 Å². The Morgan fingerprint density at radius 1 is 1.44 bits per heavy atom. The van der Waals surface area contributed by atoms with E-state index >= 15 is 0 Å². The van der Waals surface area contributed by atoms with E-state index < -0.39 is 0 Å². The molecule has 100 valence electrons. The van der Waals surface area contributed by atoms with Gasteiger partial charge < -0.3 is 20.9 Å². The third kappa shape index (κ3) is 4.73. The number of carbonyl (C=O) groups excluding carboxylic acids is 1. The third-order valence-corrected chi connectivity index (χ3v) is 2.58. The van der Waals surface area contributed by atoms with Crippen LogP contribution >= 0.6 is 0 Å². The molecule has 1 aromatic rings. The maximum atomic E-state index is 11.1. The predicted molar refractivity (Wildman–Crippen MR) is 69.1 cm³/mol. The van der Waals surface area contributed by atoms with Crippen LogP contribution in [-0.2, 0) is 11.4 Å². The van der Waals surface area contributed by atoms with Crippen LogP contribution in [0.5, 0.6) is 5.75 Å². The number of nitrogens with two attached hydrogens (primary N) is 1. The van der Waals surface area contributed by atoms with Gasteiger partial charge in [0.05, 0.1) is 19.3 Å². The zero-order valence-electron chi connectivity index (χ0n) is 10.6. The normalized spacial score (nSPS) is 12.1. The molecule has 1 aromatic carbocycles. The summed E-state index contributed by atoms with van der Waals surface area (Å²) in [5, 5.41) is 11.9. The topological polar surface area (TPSA) is 84.6 Å². The van der Waals surface area contributed by atoms with Gasteiger partial charge in [0.25, 0.3) is 0 Å². The first-order chi connectivity index (χ1) is 8.67. The van der Waals surface area contributed by atoms with Gasteiger partial charge in [-0.25, -0.2) is 0 Å². The minimum Gasteiger partial charge on any atom is -0.494 e. The molecule has 0 aliphatic carbocycles. The zero-order valence-corrected chi connectivity index (χ0v) is 10.6. The van der Waals surface area contributed by atoms with Crippen LogP contribution in [-0.4, -0.2) is 30.2 Å². The van der Waals surface area contributed by atoms with Gasteiger partial charge in [-0.05, 0) is 24.2 Å². The van der Waals surface area contributed by atoms with Crippen molar-refractivity contribution >= 4 is 5.91 Å². The van der Waals surface area contributed by atoms with Gasteiger partial charge in [0.1, 0.15) is 5.75 Å². The van der Waals surface area contributed by atoms with Gasteiger partial charge in [-0.1, -0.05) is 19.1 Å². The first kappa shape index (κ1) is 14.5. The smallest absolute Gasteiger partial charge is 0.234 e. The van der Waals surface area contributed by atoms with Gasteiger partial charge in [-0.3, -0.25) is 4.79 Å². The van der Waals surface area contributed by atoms with Crippen molar-refractivity contribution in [2.75, 3.05) is 13.2 Å². The Bertz CT molecular complexity index is 365. The van der Waals surface area contributed by atoms with Crippen molar-refractivity contribution in [3.8, 4) is 5.75 Å². The quantitative estimate of drug-likeness (QED) is 0.625. The highest BCUT2D eigenvalue weighted by Gasteiger charge is 2.13. The molecule has 0 saturated carbocycles. The molecule has 0 fully saturated rings. The van der Waals surface area contributed by atoms with E-state index in [9.17, 15) is 4.79 Å². The minimum absolute atomic E-state index is 0.0183. The van der Waals surface area contributed by atoms with E-state index in [2.05, 4.69) is 5.32 Å². The summed E-state index contributed by atoms with van der Waals surface area (Å²) in [5.74, 6) is 0.350. The molecule has 0 heterocycles. The number of amides is 1. The molecule has 1 unspecified atom stereocenters. The number of nitrogens with one attached hydrogen (secondary N) is 1. The number of benzene rings is 1. The lowest BCUT2D eigenvalue weighted by molar-refractivity contribution is -0.120. The molecule has 1 atom stereocenters. The van der Waals surface area contributed by atoms with Crippen LogP contribution in [0.25, 0.3) is 0 Å². The molecule has 0 spiro atoms. The third-order valence-electron chi connectivity index (χ3n) is 2.58. The second kappa shape index (κ2) is 7.68. The van der Waals surface area contributed by atoms with Crippen LogP contribution < -0.4 is 15.8 Å². The molecule has 1 rings (SSSR count). The van der Waals surface area contributed by atoms with Crippen molar-refractivity contribution < 1.29 is 14.6 Å². The van der Waals surface area contributed by atoms with Crippen molar-refractivity contribution in [1.82, 2.24) is 5.32 Å². The first-order valence-corrected chi connectivity index (χ1v) is 6.02. The lowest BCUT2D eigenvalue weighted by atomic mass is 10.2. The second-order valence-corrected chi connectivity index (χ2v) is 3.95. The van der Waals surface area contributed by atoms with E-state index in [1.54, 1.807) is 24.3 Å². The Morgan fingerprint density at radius 3 is 2.61 bits per heavy atom. The highest BCUT2D eigenvalue weighted by atomic mass is 16.5. The summed E-state index contributed by atoms with van der Waals surface area (Å²) in [6, 6.07) is 6.82. The van der Waals surface area contributed by atoms with Crippen molar-refractivity contribution in [2.45, 2.75) is 26.0 Å². The number of hydrogen-bond acceptors (Lipinski definition) is 4. The molecule has 5 nitrogen and oxygen atoms in total. The van der Waals surface area contributed by atoms with E-state index in [0.717, 1.165) is 5.56 Å². The van der Waals surface area contributed by atoms with Crippen LogP contribution in [0.4, 0.5) is 0 Å². The molecule has 0 radical (unpaired) electrons. The average Bonchev–Trinajstić information content (AvgIpc) is 2.38. The summed E-state index contributed by atoms with van der Waals surface area (Å²) < 4.78 is 5.50. The summed E-state index contributed by atoms with van der Waals surface area (Å²) in [4.78, 5) is 11.1. The number of hydrogen-bond donors (Lipinski definition) is 3. The predicted octanol–water partition coefficient (Wildman–Crippen LogP) is 0.411. The standard InChI is InChI=1S/C13H20N2O3/c1-2-15-12(13(14)17)7-8-18-11-5-3-10(9-16)4-6-11/h3-6,12,15-16H,2,7-9H2,1H3,(H2,14,17). The number of rotatable bonds is 8. The van der Waals surface area contributed by atoms with Crippen LogP contribution in [0, 0.1) is 0 Å².